The molecule has 0 N–H and O–H groups in total. The maximum atomic E-state index is 13.1. The standard InChI is InChI=1S/C18H16Cl2FN3OS/c1-11(25-16-6-4-3-5-14(16)19)17-22-23-18(24(17)2)26-10-12-7-8-13(21)9-15(12)20/h3-9,11H,10H2,1-2H3. The number of hydrogen-bond acceptors (Lipinski definition) is 4. The van der Waals surface area contributed by atoms with Crippen molar-refractivity contribution in [2.24, 2.45) is 7.05 Å². The minimum atomic E-state index is -0.352. The van der Waals surface area contributed by atoms with Gasteiger partial charge in [0.25, 0.3) is 0 Å². The molecule has 0 spiro atoms. The van der Waals surface area contributed by atoms with Crippen LogP contribution in [0.4, 0.5) is 4.39 Å². The van der Waals surface area contributed by atoms with Crippen LogP contribution in [-0.4, -0.2) is 14.8 Å². The second kappa shape index (κ2) is 8.29. The summed E-state index contributed by atoms with van der Waals surface area (Å²) in [5, 5.41) is 10.1. The van der Waals surface area contributed by atoms with Gasteiger partial charge in [-0.05, 0) is 36.8 Å². The Balaban J connectivity index is 1.70. The van der Waals surface area contributed by atoms with Gasteiger partial charge in [0.15, 0.2) is 17.1 Å². The topological polar surface area (TPSA) is 39.9 Å². The number of para-hydroxylation sites is 1. The van der Waals surface area contributed by atoms with Crippen molar-refractivity contribution in [1.82, 2.24) is 14.8 Å². The van der Waals surface area contributed by atoms with Crippen molar-refractivity contribution in [3.05, 3.63) is 69.7 Å². The highest BCUT2D eigenvalue weighted by molar-refractivity contribution is 7.98. The fourth-order valence-electron chi connectivity index (χ4n) is 2.37. The first-order valence-corrected chi connectivity index (χ1v) is 9.57. The lowest BCUT2D eigenvalue weighted by Crippen LogP contribution is -2.10. The Hall–Kier alpha value is -1.76. The molecule has 8 heteroatoms. The van der Waals surface area contributed by atoms with Crippen molar-refractivity contribution in [2.45, 2.75) is 23.9 Å². The van der Waals surface area contributed by atoms with E-state index in [1.165, 1.54) is 23.9 Å². The summed E-state index contributed by atoms with van der Waals surface area (Å²) in [6, 6.07) is 11.7. The summed E-state index contributed by atoms with van der Waals surface area (Å²) < 4.78 is 20.9. The maximum absolute atomic E-state index is 13.1. The van der Waals surface area contributed by atoms with Crippen molar-refractivity contribution < 1.29 is 9.13 Å². The predicted octanol–water partition coefficient (Wildman–Crippen LogP) is 5.69. The van der Waals surface area contributed by atoms with Crippen molar-refractivity contribution in [1.29, 1.82) is 0 Å². The molecule has 0 amide bonds. The smallest absolute Gasteiger partial charge is 0.191 e. The number of hydrogen-bond donors (Lipinski definition) is 0. The minimum absolute atomic E-state index is 0.323. The third-order valence-electron chi connectivity index (χ3n) is 3.74. The van der Waals surface area contributed by atoms with Crippen molar-refractivity contribution >= 4 is 35.0 Å². The van der Waals surface area contributed by atoms with E-state index in [9.17, 15) is 4.39 Å². The highest BCUT2D eigenvalue weighted by Gasteiger charge is 2.18. The number of halogens is 3. The number of aromatic nitrogens is 3. The molecular weight excluding hydrogens is 396 g/mol. The van der Waals surface area contributed by atoms with E-state index in [1.807, 2.05) is 30.7 Å². The van der Waals surface area contributed by atoms with E-state index in [0.717, 1.165) is 10.7 Å². The molecule has 3 aromatic rings. The summed E-state index contributed by atoms with van der Waals surface area (Å²) in [6.07, 6.45) is -0.323. The van der Waals surface area contributed by atoms with Gasteiger partial charge in [-0.2, -0.15) is 0 Å². The van der Waals surface area contributed by atoms with Crippen LogP contribution in [0.3, 0.4) is 0 Å². The molecule has 1 heterocycles. The molecule has 0 radical (unpaired) electrons. The Morgan fingerprint density at radius 3 is 2.65 bits per heavy atom. The van der Waals surface area contributed by atoms with Crippen LogP contribution in [0.25, 0.3) is 0 Å². The maximum Gasteiger partial charge on any atom is 0.191 e. The summed E-state index contributed by atoms with van der Waals surface area (Å²) in [7, 11) is 1.87. The van der Waals surface area contributed by atoms with Crippen LogP contribution in [0, 0.1) is 5.82 Å². The number of benzene rings is 2. The average Bonchev–Trinajstić information content (AvgIpc) is 2.97. The van der Waals surface area contributed by atoms with E-state index < -0.39 is 0 Å². The first kappa shape index (κ1) is 19.0. The summed E-state index contributed by atoms with van der Waals surface area (Å²) >= 11 is 13.7. The average molecular weight is 412 g/mol. The van der Waals surface area contributed by atoms with E-state index >= 15 is 0 Å². The Morgan fingerprint density at radius 1 is 1.15 bits per heavy atom. The molecule has 0 bridgehead atoms. The molecule has 0 aliphatic rings. The molecular formula is C18H16Cl2FN3OS. The van der Waals surface area contributed by atoms with Crippen LogP contribution in [0.5, 0.6) is 5.75 Å². The van der Waals surface area contributed by atoms with E-state index in [0.29, 0.717) is 27.4 Å². The summed E-state index contributed by atoms with van der Waals surface area (Å²) in [6.45, 7) is 1.89. The lowest BCUT2D eigenvalue weighted by atomic mass is 10.2. The minimum Gasteiger partial charge on any atom is -0.481 e. The van der Waals surface area contributed by atoms with Crippen molar-refractivity contribution in [3.63, 3.8) is 0 Å². The molecule has 0 fully saturated rings. The molecule has 1 unspecified atom stereocenters. The van der Waals surface area contributed by atoms with E-state index in [1.54, 1.807) is 18.2 Å². The number of nitrogens with zero attached hydrogens (tertiary/aromatic N) is 3. The van der Waals surface area contributed by atoms with Gasteiger partial charge in [-0.25, -0.2) is 4.39 Å². The Labute approximate surface area is 165 Å². The Bertz CT molecular complexity index is 919. The summed E-state index contributed by atoms with van der Waals surface area (Å²) in [5.41, 5.74) is 0.836. The van der Waals surface area contributed by atoms with Gasteiger partial charge in [0.1, 0.15) is 11.6 Å². The van der Waals surface area contributed by atoms with Gasteiger partial charge >= 0.3 is 0 Å². The molecule has 1 atom stereocenters. The lowest BCUT2D eigenvalue weighted by Gasteiger charge is -2.15. The predicted molar refractivity (Wildman–Crippen MR) is 102 cm³/mol. The number of rotatable bonds is 6. The molecule has 0 aliphatic carbocycles. The first-order valence-electron chi connectivity index (χ1n) is 7.83. The summed E-state index contributed by atoms with van der Waals surface area (Å²) in [4.78, 5) is 0. The highest BCUT2D eigenvalue weighted by atomic mass is 35.5. The molecule has 1 aromatic heterocycles. The van der Waals surface area contributed by atoms with Gasteiger partial charge in [0, 0.05) is 17.8 Å². The zero-order valence-corrected chi connectivity index (χ0v) is 16.4. The van der Waals surface area contributed by atoms with Gasteiger partial charge in [0.2, 0.25) is 0 Å². The normalized spacial score (nSPS) is 12.2. The first-order chi connectivity index (χ1) is 12.5. The van der Waals surface area contributed by atoms with Gasteiger partial charge in [-0.15, -0.1) is 10.2 Å². The van der Waals surface area contributed by atoms with Gasteiger partial charge < -0.3 is 9.30 Å². The van der Waals surface area contributed by atoms with E-state index in [2.05, 4.69) is 10.2 Å². The molecule has 0 saturated heterocycles. The number of ether oxygens (including phenoxy) is 1. The van der Waals surface area contributed by atoms with Crippen molar-refractivity contribution in [2.75, 3.05) is 0 Å². The third kappa shape index (κ3) is 4.31. The molecule has 3 rings (SSSR count). The van der Waals surface area contributed by atoms with Crippen LogP contribution >= 0.6 is 35.0 Å². The monoisotopic (exact) mass is 411 g/mol. The van der Waals surface area contributed by atoms with Crippen molar-refractivity contribution in [3.8, 4) is 5.75 Å². The van der Waals surface area contributed by atoms with Crippen LogP contribution < -0.4 is 4.74 Å². The fourth-order valence-corrected chi connectivity index (χ4v) is 3.79. The molecule has 0 saturated carbocycles. The molecule has 26 heavy (non-hydrogen) atoms. The third-order valence-corrected chi connectivity index (χ3v) is 5.48. The second-order valence-corrected chi connectivity index (χ2v) is 7.37. The molecule has 2 aromatic carbocycles. The van der Waals surface area contributed by atoms with Gasteiger partial charge in [-0.1, -0.05) is 53.2 Å². The van der Waals surface area contributed by atoms with Crippen LogP contribution in [0.1, 0.15) is 24.4 Å². The van der Waals surface area contributed by atoms with Crippen LogP contribution in [0.2, 0.25) is 10.0 Å². The van der Waals surface area contributed by atoms with E-state index in [4.69, 9.17) is 27.9 Å². The number of thioether (sulfide) groups is 1. The SMILES string of the molecule is CC(Oc1ccccc1Cl)c1nnc(SCc2ccc(F)cc2Cl)n1C. The molecule has 136 valence electrons. The van der Waals surface area contributed by atoms with E-state index in [-0.39, 0.29) is 11.9 Å². The Kier molecular flexibility index (Phi) is 6.06. The highest BCUT2D eigenvalue weighted by Crippen LogP contribution is 2.30. The van der Waals surface area contributed by atoms with Gasteiger partial charge in [-0.3, -0.25) is 0 Å². The molecule has 0 aliphatic heterocycles. The van der Waals surface area contributed by atoms with Crippen LogP contribution in [-0.2, 0) is 12.8 Å². The van der Waals surface area contributed by atoms with Crippen LogP contribution in [0.15, 0.2) is 47.6 Å². The molecule has 4 nitrogen and oxygen atoms in total. The largest absolute Gasteiger partial charge is 0.481 e. The fraction of sp³-hybridized carbons (Fsp3) is 0.222. The zero-order chi connectivity index (χ0) is 18.7. The zero-order valence-electron chi connectivity index (χ0n) is 14.1. The van der Waals surface area contributed by atoms with Gasteiger partial charge in [0.05, 0.1) is 5.02 Å². The lowest BCUT2D eigenvalue weighted by molar-refractivity contribution is 0.211. The Morgan fingerprint density at radius 2 is 1.92 bits per heavy atom. The second-order valence-electron chi connectivity index (χ2n) is 5.61. The quantitative estimate of drug-likeness (QED) is 0.488. The summed E-state index contributed by atoms with van der Waals surface area (Å²) in [5.74, 6) is 1.48.